The van der Waals surface area contributed by atoms with Gasteiger partial charge in [0, 0.05) is 6.04 Å². The second-order valence-electron chi connectivity index (χ2n) is 7.10. The predicted octanol–water partition coefficient (Wildman–Crippen LogP) is 3.95. The van der Waals surface area contributed by atoms with Crippen LogP contribution in [-0.4, -0.2) is 11.1 Å². The second-order valence-corrected chi connectivity index (χ2v) is 7.10. The molecule has 2 heteroatoms. The van der Waals surface area contributed by atoms with E-state index in [0.29, 0.717) is 0 Å². The van der Waals surface area contributed by atoms with Crippen molar-refractivity contribution < 1.29 is 5.11 Å². The van der Waals surface area contributed by atoms with E-state index in [1.807, 2.05) is 48.5 Å². The topological polar surface area (TPSA) is 46.2 Å². The Kier molecular flexibility index (Phi) is 5.38. The fourth-order valence-corrected chi connectivity index (χ4v) is 2.98. The lowest BCUT2D eigenvalue weighted by Gasteiger charge is -2.38. The average molecular weight is 297 g/mol. The van der Waals surface area contributed by atoms with Gasteiger partial charge in [0.1, 0.15) is 0 Å². The van der Waals surface area contributed by atoms with E-state index in [-0.39, 0.29) is 17.4 Å². The summed E-state index contributed by atoms with van der Waals surface area (Å²) < 4.78 is 0. The molecule has 0 amide bonds. The maximum atomic E-state index is 10.7. The molecule has 2 nitrogen and oxygen atoms in total. The molecule has 0 heterocycles. The standard InChI is InChI=1S/C20H27NO/c1-20(2,3)17(14-15-10-6-4-7-11-15)18(21)19(22)16-12-8-5-9-13-16/h4-13,17-19,22H,14,21H2,1-3H3. The van der Waals surface area contributed by atoms with Crippen molar-refractivity contribution in [2.75, 3.05) is 0 Å². The van der Waals surface area contributed by atoms with Gasteiger partial charge in [0.2, 0.25) is 0 Å². The lowest BCUT2D eigenvalue weighted by Crippen LogP contribution is -2.43. The Labute approximate surface area is 134 Å². The molecular formula is C20H27NO. The van der Waals surface area contributed by atoms with E-state index in [9.17, 15) is 5.11 Å². The number of rotatable bonds is 5. The highest BCUT2D eigenvalue weighted by Crippen LogP contribution is 2.35. The van der Waals surface area contributed by atoms with Gasteiger partial charge in [-0.25, -0.2) is 0 Å². The molecule has 0 aliphatic rings. The molecule has 0 spiro atoms. The molecule has 3 atom stereocenters. The van der Waals surface area contributed by atoms with E-state index >= 15 is 0 Å². The number of nitrogens with two attached hydrogens (primary N) is 1. The van der Waals surface area contributed by atoms with Crippen LogP contribution >= 0.6 is 0 Å². The van der Waals surface area contributed by atoms with Crippen molar-refractivity contribution in [3.63, 3.8) is 0 Å². The summed E-state index contributed by atoms with van der Waals surface area (Å²) in [6.45, 7) is 6.58. The Hall–Kier alpha value is -1.64. The molecule has 0 aliphatic carbocycles. The minimum Gasteiger partial charge on any atom is -0.387 e. The summed E-state index contributed by atoms with van der Waals surface area (Å²) in [7, 11) is 0. The van der Waals surface area contributed by atoms with Gasteiger partial charge in [0.25, 0.3) is 0 Å². The van der Waals surface area contributed by atoms with Gasteiger partial charge in [-0.05, 0) is 28.9 Å². The maximum Gasteiger partial charge on any atom is 0.0943 e. The van der Waals surface area contributed by atoms with Crippen molar-refractivity contribution in [3.8, 4) is 0 Å². The van der Waals surface area contributed by atoms with Crippen molar-refractivity contribution in [1.29, 1.82) is 0 Å². The number of aliphatic hydroxyl groups excluding tert-OH is 1. The Morgan fingerprint density at radius 3 is 1.91 bits per heavy atom. The average Bonchev–Trinajstić information content (AvgIpc) is 2.52. The molecule has 0 saturated carbocycles. The molecule has 2 rings (SSSR count). The third-order valence-electron chi connectivity index (χ3n) is 4.38. The van der Waals surface area contributed by atoms with Crippen molar-refractivity contribution in [1.82, 2.24) is 0 Å². The van der Waals surface area contributed by atoms with Crippen LogP contribution in [0.25, 0.3) is 0 Å². The third-order valence-corrected chi connectivity index (χ3v) is 4.38. The van der Waals surface area contributed by atoms with Gasteiger partial charge in [0.05, 0.1) is 6.10 Å². The van der Waals surface area contributed by atoms with E-state index in [0.717, 1.165) is 12.0 Å². The molecule has 0 aromatic heterocycles. The van der Waals surface area contributed by atoms with Crippen molar-refractivity contribution in [2.24, 2.45) is 17.1 Å². The zero-order chi connectivity index (χ0) is 16.2. The van der Waals surface area contributed by atoms with Crippen LogP contribution in [0.5, 0.6) is 0 Å². The molecule has 3 unspecified atom stereocenters. The van der Waals surface area contributed by atoms with Gasteiger partial charge in [-0.3, -0.25) is 0 Å². The van der Waals surface area contributed by atoms with Crippen LogP contribution in [0, 0.1) is 11.3 Å². The molecule has 2 aromatic carbocycles. The Morgan fingerprint density at radius 2 is 1.41 bits per heavy atom. The number of hydrogen-bond donors (Lipinski definition) is 2. The van der Waals surface area contributed by atoms with Gasteiger partial charge < -0.3 is 10.8 Å². The molecule has 3 N–H and O–H groups in total. The third kappa shape index (κ3) is 4.19. The normalized spacial score (nSPS) is 16.0. The van der Waals surface area contributed by atoms with Crippen molar-refractivity contribution in [2.45, 2.75) is 39.3 Å². The predicted molar refractivity (Wildman–Crippen MR) is 92.5 cm³/mol. The Balaban J connectivity index is 2.22. The maximum absolute atomic E-state index is 10.7. The largest absolute Gasteiger partial charge is 0.387 e. The van der Waals surface area contributed by atoms with Gasteiger partial charge in [0.15, 0.2) is 0 Å². The molecule has 0 fully saturated rings. The summed E-state index contributed by atoms with van der Waals surface area (Å²) in [6.07, 6.45) is 0.226. The molecule has 0 radical (unpaired) electrons. The molecule has 2 aromatic rings. The summed E-state index contributed by atoms with van der Waals surface area (Å²) in [5.74, 6) is 0.185. The van der Waals surface area contributed by atoms with E-state index in [2.05, 4.69) is 32.9 Å². The van der Waals surface area contributed by atoms with E-state index in [4.69, 9.17) is 5.73 Å². The molecule has 118 valence electrons. The first-order valence-corrected chi connectivity index (χ1v) is 7.92. The first-order valence-electron chi connectivity index (χ1n) is 7.92. The van der Waals surface area contributed by atoms with Crippen LogP contribution in [0.1, 0.15) is 38.0 Å². The van der Waals surface area contributed by atoms with Crippen LogP contribution in [0.2, 0.25) is 0 Å². The number of aliphatic hydroxyl groups is 1. The molecule has 0 saturated heterocycles. The highest BCUT2D eigenvalue weighted by Gasteiger charge is 2.34. The quantitative estimate of drug-likeness (QED) is 0.877. The minimum atomic E-state index is -0.644. The highest BCUT2D eigenvalue weighted by atomic mass is 16.3. The number of hydrogen-bond acceptors (Lipinski definition) is 2. The highest BCUT2D eigenvalue weighted by molar-refractivity contribution is 5.21. The second kappa shape index (κ2) is 7.08. The van der Waals surface area contributed by atoms with E-state index < -0.39 is 6.10 Å². The number of benzene rings is 2. The molecule has 0 bridgehead atoms. The summed E-state index contributed by atoms with van der Waals surface area (Å²) in [4.78, 5) is 0. The van der Waals surface area contributed by atoms with Crippen LogP contribution < -0.4 is 5.73 Å². The zero-order valence-electron chi connectivity index (χ0n) is 13.7. The fraction of sp³-hybridized carbons (Fsp3) is 0.400. The van der Waals surface area contributed by atoms with E-state index in [1.54, 1.807) is 0 Å². The smallest absolute Gasteiger partial charge is 0.0943 e. The summed E-state index contributed by atoms with van der Waals surface area (Å²) in [5.41, 5.74) is 8.64. The zero-order valence-corrected chi connectivity index (χ0v) is 13.7. The monoisotopic (exact) mass is 297 g/mol. The Morgan fingerprint density at radius 1 is 0.909 bits per heavy atom. The van der Waals surface area contributed by atoms with Crippen molar-refractivity contribution in [3.05, 3.63) is 71.8 Å². The minimum absolute atomic E-state index is 0.0189. The lowest BCUT2D eigenvalue weighted by molar-refractivity contribution is 0.0748. The first-order chi connectivity index (χ1) is 10.4. The van der Waals surface area contributed by atoms with E-state index in [1.165, 1.54) is 5.56 Å². The molecule has 22 heavy (non-hydrogen) atoms. The van der Waals surface area contributed by atoms with Crippen LogP contribution in [0.15, 0.2) is 60.7 Å². The van der Waals surface area contributed by atoms with Crippen LogP contribution in [0.3, 0.4) is 0 Å². The van der Waals surface area contributed by atoms with Crippen LogP contribution in [0.4, 0.5) is 0 Å². The van der Waals surface area contributed by atoms with Crippen molar-refractivity contribution >= 4 is 0 Å². The summed E-state index contributed by atoms with van der Waals surface area (Å²) in [6, 6.07) is 19.8. The van der Waals surface area contributed by atoms with Gasteiger partial charge >= 0.3 is 0 Å². The van der Waals surface area contributed by atoms with Gasteiger partial charge in [-0.1, -0.05) is 81.4 Å². The van der Waals surface area contributed by atoms with Gasteiger partial charge in [-0.2, -0.15) is 0 Å². The summed E-state index contributed by atoms with van der Waals surface area (Å²) >= 11 is 0. The van der Waals surface area contributed by atoms with Crippen LogP contribution in [-0.2, 0) is 6.42 Å². The first kappa shape index (κ1) is 16.7. The molecular weight excluding hydrogens is 270 g/mol. The fourth-order valence-electron chi connectivity index (χ4n) is 2.98. The van der Waals surface area contributed by atoms with Gasteiger partial charge in [-0.15, -0.1) is 0 Å². The summed E-state index contributed by atoms with van der Waals surface area (Å²) in [5, 5.41) is 10.7. The Bertz CT molecular complexity index is 559. The molecule has 0 aliphatic heterocycles. The lowest BCUT2D eigenvalue weighted by atomic mass is 9.71. The SMILES string of the molecule is CC(C)(C)C(Cc1ccccc1)C(N)C(O)c1ccccc1.